The van der Waals surface area contributed by atoms with Crippen molar-refractivity contribution in [2.24, 2.45) is 11.8 Å². The van der Waals surface area contributed by atoms with Gasteiger partial charge in [0.15, 0.2) is 0 Å². The minimum absolute atomic E-state index is 0.267. The van der Waals surface area contributed by atoms with Crippen LogP contribution in [0.4, 0.5) is 0 Å². The number of hydrogen-bond acceptors (Lipinski definition) is 4. The molecule has 0 aromatic heterocycles. The van der Waals surface area contributed by atoms with Crippen LogP contribution in [0.25, 0.3) is 0 Å². The minimum Gasteiger partial charge on any atom is -0.481 e. The van der Waals surface area contributed by atoms with E-state index in [4.69, 9.17) is 4.55 Å². The Labute approximate surface area is 141 Å². The fraction of sp³-hybridized carbons (Fsp3) is 0.500. The standard InChI is InChI=1S/C16H23NO6S/c1-3-13(12-7-5-4-6-8-12)14(16(19)20)11(2)15(18)17-9-10-24(21,22)23/h4-8,11,13-14H,3,9-10H2,1-2H3,(H,17,18)(H,19,20)(H,21,22,23). The van der Waals surface area contributed by atoms with E-state index in [-0.39, 0.29) is 12.5 Å². The van der Waals surface area contributed by atoms with Crippen molar-refractivity contribution >= 4 is 22.0 Å². The fourth-order valence-electron chi connectivity index (χ4n) is 2.76. The number of aliphatic carboxylic acids is 1. The topological polar surface area (TPSA) is 121 Å². The lowest BCUT2D eigenvalue weighted by atomic mass is 9.76. The zero-order chi connectivity index (χ0) is 18.3. The van der Waals surface area contributed by atoms with E-state index >= 15 is 0 Å². The second kappa shape index (κ2) is 8.79. The number of rotatable bonds is 9. The van der Waals surface area contributed by atoms with E-state index in [1.54, 1.807) is 0 Å². The number of carbonyl (C=O) groups is 2. The van der Waals surface area contributed by atoms with Gasteiger partial charge in [0.1, 0.15) is 0 Å². The first-order valence-corrected chi connectivity index (χ1v) is 9.29. The zero-order valence-corrected chi connectivity index (χ0v) is 14.5. The highest BCUT2D eigenvalue weighted by Gasteiger charge is 2.36. The van der Waals surface area contributed by atoms with E-state index in [1.165, 1.54) is 6.92 Å². The van der Waals surface area contributed by atoms with Crippen LogP contribution in [0.3, 0.4) is 0 Å². The van der Waals surface area contributed by atoms with E-state index in [1.807, 2.05) is 37.3 Å². The molecule has 3 unspecified atom stereocenters. The van der Waals surface area contributed by atoms with Gasteiger partial charge in [0.25, 0.3) is 10.1 Å². The van der Waals surface area contributed by atoms with Crippen LogP contribution in [0, 0.1) is 11.8 Å². The number of amides is 1. The molecule has 3 atom stereocenters. The maximum absolute atomic E-state index is 12.2. The molecule has 0 aliphatic rings. The lowest BCUT2D eigenvalue weighted by Crippen LogP contribution is -2.40. The van der Waals surface area contributed by atoms with Crippen LogP contribution in [0.5, 0.6) is 0 Å². The van der Waals surface area contributed by atoms with Gasteiger partial charge in [-0.1, -0.05) is 44.2 Å². The average Bonchev–Trinajstić information content (AvgIpc) is 2.51. The minimum atomic E-state index is -4.18. The Balaban J connectivity index is 2.89. The smallest absolute Gasteiger partial charge is 0.307 e. The van der Waals surface area contributed by atoms with Gasteiger partial charge in [0, 0.05) is 12.5 Å². The van der Waals surface area contributed by atoms with Gasteiger partial charge in [0.2, 0.25) is 5.91 Å². The summed E-state index contributed by atoms with van der Waals surface area (Å²) in [6.45, 7) is 3.10. The monoisotopic (exact) mass is 357 g/mol. The van der Waals surface area contributed by atoms with E-state index in [0.717, 1.165) is 5.56 Å². The summed E-state index contributed by atoms with van der Waals surface area (Å²) in [7, 11) is -4.18. The molecular weight excluding hydrogens is 334 g/mol. The first kappa shape index (κ1) is 20.1. The van der Waals surface area contributed by atoms with Crippen molar-refractivity contribution in [3.05, 3.63) is 35.9 Å². The lowest BCUT2D eigenvalue weighted by molar-refractivity contribution is -0.148. The Bertz CT molecular complexity index is 658. The Hall–Kier alpha value is -1.93. The van der Waals surface area contributed by atoms with Crippen molar-refractivity contribution in [3.8, 4) is 0 Å². The number of hydrogen-bond donors (Lipinski definition) is 3. The normalized spacial score (nSPS) is 15.3. The molecule has 1 aromatic carbocycles. The highest BCUT2D eigenvalue weighted by Crippen LogP contribution is 2.33. The number of carboxylic acid groups (broad SMARTS) is 1. The summed E-state index contributed by atoms with van der Waals surface area (Å²) in [5.41, 5.74) is 0.838. The number of nitrogens with one attached hydrogen (secondary N) is 1. The van der Waals surface area contributed by atoms with Crippen molar-refractivity contribution in [1.29, 1.82) is 0 Å². The molecule has 0 aliphatic heterocycles. The molecule has 24 heavy (non-hydrogen) atoms. The number of carbonyl (C=O) groups excluding carboxylic acids is 1. The van der Waals surface area contributed by atoms with Crippen molar-refractivity contribution in [3.63, 3.8) is 0 Å². The third kappa shape index (κ3) is 5.93. The van der Waals surface area contributed by atoms with Crippen molar-refractivity contribution in [2.75, 3.05) is 12.3 Å². The molecule has 1 rings (SSSR count). The molecule has 3 N–H and O–H groups in total. The third-order valence-electron chi connectivity index (χ3n) is 4.00. The van der Waals surface area contributed by atoms with Gasteiger partial charge >= 0.3 is 5.97 Å². The molecule has 0 saturated heterocycles. The van der Waals surface area contributed by atoms with Gasteiger partial charge in [0.05, 0.1) is 11.7 Å². The zero-order valence-electron chi connectivity index (χ0n) is 13.7. The molecule has 0 aliphatic carbocycles. The summed E-state index contributed by atoms with van der Waals surface area (Å²) in [6, 6.07) is 9.11. The Kier molecular flexibility index (Phi) is 7.37. The average molecular weight is 357 g/mol. The molecule has 0 heterocycles. The maximum Gasteiger partial charge on any atom is 0.307 e. The summed E-state index contributed by atoms with van der Waals surface area (Å²) in [6.07, 6.45) is 0.545. The molecule has 0 saturated carbocycles. The predicted molar refractivity (Wildman–Crippen MR) is 89.2 cm³/mol. The Morgan fingerprint density at radius 3 is 2.25 bits per heavy atom. The van der Waals surface area contributed by atoms with Crippen molar-refractivity contribution in [2.45, 2.75) is 26.2 Å². The van der Waals surface area contributed by atoms with Crippen LogP contribution in [0.1, 0.15) is 31.7 Å². The van der Waals surface area contributed by atoms with Gasteiger partial charge in [-0.2, -0.15) is 8.42 Å². The molecule has 134 valence electrons. The summed E-state index contributed by atoms with van der Waals surface area (Å²) >= 11 is 0. The molecule has 0 spiro atoms. The van der Waals surface area contributed by atoms with Crippen LogP contribution in [-0.4, -0.2) is 42.3 Å². The summed E-state index contributed by atoms with van der Waals surface area (Å²) in [5.74, 6) is -4.38. The quantitative estimate of drug-likeness (QED) is 0.576. The first-order valence-electron chi connectivity index (χ1n) is 7.68. The molecule has 1 amide bonds. The fourth-order valence-corrected chi connectivity index (χ4v) is 3.12. The van der Waals surface area contributed by atoms with Crippen LogP contribution in [0.2, 0.25) is 0 Å². The summed E-state index contributed by atoms with van der Waals surface area (Å²) in [4.78, 5) is 23.9. The van der Waals surface area contributed by atoms with Crippen LogP contribution in [0.15, 0.2) is 30.3 Å². The van der Waals surface area contributed by atoms with Crippen LogP contribution in [-0.2, 0) is 19.7 Å². The van der Waals surface area contributed by atoms with Crippen molar-refractivity contribution in [1.82, 2.24) is 5.32 Å². The second-order valence-electron chi connectivity index (χ2n) is 5.66. The first-order chi connectivity index (χ1) is 11.2. The molecule has 1 aromatic rings. The van der Waals surface area contributed by atoms with E-state index < -0.39 is 39.6 Å². The Morgan fingerprint density at radius 2 is 1.79 bits per heavy atom. The van der Waals surface area contributed by atoms with Gasteiger partial charge in [-0.3, -0.25) is 14.1 Å². The third-order valence-corrected chi connectivity index (χ3v) is 4.72. The highest BCUT2D eigenvalue weighted by molar-refractivity contribution is 7.85. The van der Waals surface area contributed by atoms with E-state index in [0.29, 0.717) is 6.42 Å². The summed E-state index contributed by atoms with van der Waals surface area (Å²) < 4.78 is 30.0. The number of benzene rings is 1. The summed E-state index contributed by atoms with van der Waals surface area (Å²) in [5, 5.41) is 12.0. The Morgan fingerprint density at radius 1 is 1.21 bits per heavy atom. The molecule has 0 bridgehead atoms. The highest BCUT2D eigenvalue weighted by atomic mass is 32.2. The van der Waals surface area contributed by atoms with Crippen LogP contribution < -0.4 is 5.32 Å². The molecular formula is C16H23NO6S. The predicted octanol–water partition coefficient (Wildman–Crippen LogP) is 1.52. The van der Waals surface area contributed by atoms with Gasteiger partial charge in [-0.15, -0.1) is 0 Å². The molecule has 8 heteroatoms. The SMILES string of the molecule is CCC(c1ccccc1)C(C(=O)O)C(C)C(=O)NCCS(=O)(=O)O. The molecule has 0 radical (unpaired) electrons. The molecule has 0 fully saturated rings. The van der Waals surface area contributed by atoms with Gasteiger partial charge in [-0.25, -0.2) is 0 Å². The largest absolute Gasteiger partial charge is 0.481 e. The van der Waals surface area contributed by atoms with Crippen molar-refractivity contribution < 1.29 is 27.7 Å². The van der Waals surface area contributed by atoms with Gasteiger partial charge in [-0.05, 0) is 17.9 Å². The van der Waals surface area contributed by atoms with Crippen LogP contribution >= 0.6 is 0 Å². The van der Waals surface area contributed by atoms with E-state index in [2.05, 4.69) is 5.32 Å². The molecule has 7 nitrogen and oxygen atoms in total. The second-order valence-corrected chi connectivity index (χ2v) is 7.23. The maximum atomic E-state index is 12.2. The van der Waals surface area contributed by atoms with E-state index in [9.17, 15) is 23.1 Å². The lowest BCUT2D eigenvalue weighted by Gasteiger charge is -2.27. The van der Waals surface area contributed by atoms with Gasteiger partial charge < -0.3 is 10.4 Å². The number of carboxylic acids is 1.